The Morgan fingerprint density at radius 1 is 1.23 bits per heavy atom. The first-order chi connectivity index (χ1) is 14.2. The first-order valence-corrected chi connectivity index (χ1v) is 10.1. The SMILES string of the molecule is Cc1ccc(CN2CCc3ncc(Cn4cccn4)n3CC2)s1.O=C(O)C(F)(F)F. The van der Waals surface area contributed by atoms with Crippen LogP contribution in [0.5, 0.6) is 0 Å². The molecule has 0 radical (unpaired) electrons. The Morgan fingerprint density at radius 3 is 2.60 bits per heavy atom. The second-order valence-corrected chi connectivity index (χ2v) is 8.23. The normalized spacial score (nSPS) is 14.5. The molecule has 3 aromatic heterocycles. The lowest BCUT2D eigenvalue weighted by Gasteiger charge is -2.18. The molecule has 0 bridgehead atoms. The lowest BCUT2D eigenvalue weighted by Crippen LogP contribution is -2.26. The van der Waals surface area contributed by atoms with Gasteiger partial charge in [-0.2, -0.15) is 18.3 Å². The van der Waals surface area contributed by atoms with Crippen molar-refractivity contribution in [1.29, 1.82) is 0 Å². The Bertz CT molecular complexity index is 965. The maximum absolute atomic E-state index is 10.6. The molecule has 0 aromatic carbocycles. The van der Waals surface area contributed by atoms with Crippen LogP contribution in [-0.2, 0) is 30.8 Å². The second kappa shape index (κ2) is 9.43. The average molecular weight is 441 g/mol. The molecule has 1 N–H and O–H groups in total. The van der Waals surface area contributed by atoms with Crippen molar-refractivity contribution in [3.63, 3.8) is 0 Å². The van der Waals surface area contributed by atoms with E-state index in [1.807, 2.05) is 40.7 Å². The number of aromatic nitrogens is 4. The van der Waals surface area contributed by atoms with Gasteiger partial charge in [0.25, 0.3) is 0 Å². The molecule has 1 aliphatic rings. The van der Waals surface area contributed by atoms with Gasteiger partial charge >= 0.3 is 12.1 Å². The van der Waals surface area contributed by atoms with Crippen LogP contribution < -0.4 is 0 Å². The van der Waals surface area contributed by atoms with E-state index in [-0.39, 0.29) is 0 Å². The maximum atomic E-state index is 10.6. The summed E-state index contributed by atoms with van der Waals surface area (Å²) < 4.78 is 36.1. The molecule has 0 saturated carbocycles. The third-order valence-corrected chi connectivity index (χ3v) is 5.60. The summed E-state index contributed by atoms with van der Waals surface area (Å²) in [6.45, 7) is 7.19. The van der Waals surface area contributed by atoms with E-state index in [9.17, 15) is 13.2 Å². The highest BCUT2D eigenvalue weighted by molar-refractivity contribution is 7.11. The predicted molar refractivity (Wildman–Crippen MR) is 105 cm³/mol. The molecule has 30 heavy (non-hydrogen) atoms. The summed E-state index contributed by atoms with van der Waals surface area (Å²) in [6.07, 6.45) is 1.77. The number of thiophene rings is 1. The van der Waals surface area contributed by atoms with Gasteiger partial charge in [0.05, 0.1) is 18.4 Å². The van der Waals surface area contributed by atoms with Crippen LogP contribution in [0.4, 0.5) is 13.2 Å². The molecule has 0 saturated heterocycles. The second-order valence-electron chi connectivity index (χ2n) is 6.86. The summed E-state index contributed by atoms with van der Waals surface area (Å²) in [5.41, 5.74) is 1.25. The van der Waals surface area contributed by atoms with E-state index in [1.165, 1.54) is 21.3 Å². The van der Waals surface area contributed by atoms with Crippen molar-refractivity contribution in [1.82, 2.24) is 24.2 Å². The van der Waals surface area contributed by atoms with Gasteiger partial charge in [0.15, 0.2) is 0 Å². The van der Waals surface area contributed by atoms with E-state index in [1.54, 1.807) is 0 Å². The molecule has 162 valence electrons. The lowest BCUT2D eigenvalue weighted by atomic mass is 10.3. The van der Waals surface area contributed by atoms with Gasteiger partial charge < -0.3 is 9.67 Å². The highest BCUT2D eigenvalue weighted by Crippen LogP contribution is 2.19. The number of hydrogen-bond acceptors (Lipinski definition) is 5. The maximum Gasteiger partial charge on any atom is 0.490 e. The van der Waals surface area contributed by atoms with Crippen molar-refractivity contribution in [3.05, 3.63) is 58.1 Å². The molecule has 4 rings (SSSR count). The van der Waals surface area contributed by atoms with Crippen LogP contribution >= 0.6 is 11.3 Å². The number of carbonyl (C=O) groups is 1. The largest absolute Gasteiger partial charge is 0.490 e. The molecule has 0 fully saturated rings. The molecule has 0 amide bonds. The van der Waals surface area contributed by atoms with Gasteiger partial charge in [-0.15, -0.1) is 11.3 Å². The van der Waals surface area contributed by atoms with Crippen molar-refractivity contribution < 1.29 is 23.1 Å². The summed E-state index contributed by atoms with van der Waals surface area (Å²) >= 11 is 1.90. The first-order valence-electron chi connectivity index (χ1n) is 9.31. The average Bonchev–Trinajstić information content (AvgIpc) is 3.38. The predicted octanol–water partition coefficient (Wildman–Crippen LogP) is 3.19. The van der Waals surface area contributed by atoms with Gasteiger partial charge in [0.2, 0.25) is 0 Å². The van der Waals surface area contributed by atoms with E-state index >= 15 is 0 Å². The molecule has 0 aliphatic carbocycles. The van der Waals surface area contributed by atoms with E-state index in [0.29, 0.717) is 0 Å². The molecule has 11 heteroatoms. The van der Waals surface area contributed by atoms with Crippen LogP contribution in [0.1, 0.15) is 21.3 Å². The molecule has 0 unspecified atom stereocenters. The number of aliphatic carboxylic acids is 1. The van der Waals surface area contributed by atoms with Crippen LogP contribution in [0.25, 0.3) is 0 Å². The van der Waals surface area contributed by atoms with Crippen molar-refractivity contribution in [3.8, 4) is 0 Å². The fraction of sp³-hybridized carbons (Fsp3) is 0.421. The summed E-state index contributed by atoms with van der Waals surface area (Å²) in [7, 11) is 0. The number of carboxylic acids is 1. The number of rotatable bonds is 4. The quantitative estimate of drug-likeness (QED) is 0.673. The number of carboxylic acid groups (broad SMARTS) is 1. The Kier molecular flexibility index (Phi) is 6.93. The molecule has 1 aliphatic heterocycles. The summed E-state index contributed by atoms with van der Waals surface area (Å²) in [5.74, 6) is -1.55. The minimum atomic E-state index is -5.08. The summed E-state index contributed by atoms with van der Waals surface area (Å²) in [4.78, 5) is 18.9. The number of aryl methyl sites for hydroxylation is 1. The molecule has 0 spiro atoms. The number of imidazole rings is 1. The highest BCUT2D eigenvalue weighted by atomic mass is 32.1. The van der Waals surface area contributed by atoms with Crippen molar-refractivity contribution in [2.75, 3.05) is 13.1 Å². The number of halogens is 3. The Labute approximate surface area is 175 Å². The fourth-order valence-electron chi connectivity index (χ4n) is 3.17. The minimum absolute atomic E-state index is 0.796. The van der Waals surface area contributed by atoms with Crippen LogP contribution in [0, 0.1) is 6.92 Å². The van der Waals surface area contributed by atoms with Crippen molar-refractivity contribution >= 4 is 17.3 Å². The third-order valence-electron chi connectivity index (χ3n) is 4.61. The molecule has 7 nitrogen and oxygen atoms in total. The monoisotopic (exact) mass is 441 g/mol. The fourth-order valence-corrected chi connectivity index (χ4v) is 4.11. The zero-order chi connectivity index (χ0) is 21.7. The zero-order valence-electron chi connectivity index (χ0n) is 16.3. The third kappa shape index (κ3) is 5.92. The van der Waals surface area contributed by atoms with Crippen LogP contribution in [0.15, 0.2) is 36.8 Å². The van der Waals surface area contributed by atoms with Crippen LogP contribution in [0.3, 0.4) is 0 Å². The van der Waals surface area contributed by atoms with Crippen molar-refractivity contribution in [2.24, 2.45) is 0 Å². The molecule has 3 aromatic rings. The first kappa shape index (κ1) is 22.0. The number of fused-ring (bicyclic) bond motifs is 1. The van der Waals surface area contributed by atoms with Crippen LogP contribution in [0.2, 0.25) is 0 Å². The molecule has 4 heterocycles. The molecule has 0 atom stereocenters. The van der Waals surface area contributed by atoms with Gasteiger partial charge in [-0.05, 0) is 25.1 Å². The molecular formula is C19H22F3N5O2S. The van der Waals surface area contributed by atoms with Gasteiger partial charge in [0.1, 0.15) is 5.82 Å². The standard InChI is InChI=1S/C17H21N5S.C2HF3O2/c1-14-3-4-16(23-14)13-20-8-5-17-18-11-15(22(17)10-9-20)12-21-7-2-6-19-21;3-2(4,5)1(6)7/h2-4,6-7,11H,5,8-10,12-13H2,1H3;(H,6,7). The number of hydrogen-bond donors (Lipinski definition) is 1. The van der Waals surface area contributed by atoms with E-state index in [0.717, 1.165) is 39.1 Å². The number of nitrogens with zero attached hydrogens (tertiary/aromatic N) is 5. The van der Waals surface area contributed by atoms with Crippen molar-refractivity contribution in [2.45, 2.75) is 39.2 Å². The topological polar surface area (TPSA) is 76.2 Å². The summed E-state index contributed by atoms with van der Waals surface area (Å²) in [6, 6.07) is 6.43. The lowest BCUT2D eigenvalue weighted by molar-refractivity contribution is -0.192. The van der Waals surface area contributed by atoms with Gasteiger partial charge in [0, 0.05) is 54.7 Å². The van der Waals surface area contributed by atoms with Gasteiger partial charge in [-0.3, -0.25) is 9.58 Å². The summed E-state index contributed by atoms with van der Waals surface area (Å²) in [5, 5.41) is 11.4. The smallest absolute Gasteiger partial charge is 0.475 e. The van der Waals surface area contributed by atoms with E-state index in [4.69, 9.17) is 9.90 Å². The molecular weight excluding hydrogens is 419 g/mol. The van der Waals surface area contributed by atoms with Gasteiger partial charge in [-0.1, -0.05) is 0 Å². The zero-order valence-corrected chi connectivity index (χ0v) is 17.2. The van der Waals surface area contributed by atoms with Crippen LogP contribution in [-0.4, -0.2) is 54.6 Å². The Balaban J connectivity index is 0.000000318. The van der Waals surface area contributed by atoms with E-state index in [2.05, 4.69) is 38.6 Å². The number of alkyl halides is 3. The minimum Gasteiger partial charge on any atom is -0.475 e. The Morgan fingerprint density at radius 2 is 2.00 bits per heavy atom. The highest BCUT2D eigenvalue weighted by Gasteiger charge is 2.38. The van der Waals surface area contributed by atoms with Gasteiger partial charge in [-0.25, -0.2) is 9.78 Å². The van der Waals surface area contributed by atoms with E-state index < -0.39 is 12.1 Å². The Hall–Kier alpha value is -2.66.